The Labute approximate surface area is 131 Å². The molecule has 9 heteroatoms. The van der Waals surface area contributed by atoms with Gasteiger partial charge in [0.1, 0.15) is 11.5 Å². The van der Waals surface area contributed by atoms with E-state index >= 15 is 0 Å². The lowest BCUT2D eigenvalue weighted by atomic mass is 10.2. The first-order valence-corrected chi connectivity index (χ1v) is 6.47. The molecule has 1 heterocycles. The van der Waals surface area contributed by atoms with Crippen LogP contribution in [0.4, 0.5) is 17.2 Å². The summed E-state index contributed by atoms with van der Waals surface area (Å²) in [5.74, 6) is 0.951. The smallest absolute Gasteiger partial charge is 0.313 e. The summed E-state index contributed by atoms with van der Waals surface area (Å²) in [6, 6.07) is 7.81. The topological polar surface area (TPSA) is 125 Å². The minimum absolute atomic E-state index is 0.0599. The van der Waals surface area contributed by atoms with Gasteiger partial charge in [-0.15, -0.1) is 0 Å². The van der Waals surface area contributed by atoms with Crippen LogP contribution >= 0.6 is 0 Å². The summed E-state index contributed by atoms with van der Waals surface area (Å²) >= 11 is 0. The number of aliphatic imine (C=N–C) groups is 1. The van der Waals surface area contributed by atoms with Crippen LogP contribution in [0.25, 0.3) is 0 Å². The third-order valence-corrected chi connectivity index (χ3v) is 2.86. The van der Waals surface area contributed by atoms with Crippen molar-refractivity contribution in [2.75, 3.05) is 19.5 Å². The predicted octanol–water partition coefficient (Wildman–Crippen LogP) is 2.07. The number of hydrogen-bond donors (Lipinski definition) is 2. The number of benzene rings is 1. The number of anilines is 1. The van der Waals surface area contributed by atoms with Gasteiger partial charge in [0, 0.05) is 18.3 Å². The molecular formula is C14H15N5O4. The van der Waals surface area contributed by atoms with Crippen LogP contribution in [0.5, 0.6) is 11.5 Å². The molecular weight excluding hydrogens is 302 g/mol. The lowest BCUT2D eigenvalue weighted by Gasteiger charge is -2.11. The van der Waals surface area contributed by atoms with E-state index in [2.05, 4.69) is 15.3 Å². The van der Waals surface area contributed by atoms with Crippen LogP contribution in [-0.2, 0) is 0 Å². The summed E-state index contributed by atoms with van der Waals surface area (Å²) in [7, 11) is 3.04. The zero-order valence-electron chi connectivity index (χ0n) is 12.5. The van der Waals surface area contributed by atoms with Gasteiger partial charge in [0.2, 0.25) is 5.82 Å². The van der Waals surface area contributed by atoms with Crippen molar-refractivity contribution in [3.05, 3.63) is 46.6 Å². The molecule has 120 valence electrons. The van der Waals surface area contributed by atoms with E-state index in [1.807, 2.05) is 0 Å². The van der Waals surface area contributed by atoms with Gasteiger partial charge in [-0.05, 0) is 18.2 Å². The first-order valence-electron chi connectivity index (χ1n) is 6.47. The fraction of sp³-hybridized carbons (Fsp3) is 0.143. The molecule has 2 aromatic rings. The maximum absolute atomic E-state index is 10.9. The van der Waals surface area contributed by atoms with Gasteiger partial charge >= 0.3 is 5.69 Å². The van der Waals surface area contributed by atoms with Gasteiger partial charge in [0.05, 0.1) is 24.8 Å². The van der Waals surface area contributed by atoms with E-state index in [4.69, 9.17) is 15.2 Å². The summed E-state index contributed by atoms with van der Waals surface area (Å²) in [5, 5.41) is 13.7. The molecule has 0 spiro atoms. The molecule has 9 nitrogen and oxygen atoms in total. The second-order valence-corrected chi connectivity index (χ2v) is 4.29. The van der Waals surface area contributed by atoms with E-state index in [1.54, 1.807) is 18.2 Å². The summed E-state index contributed by atoms with van der Waals surface area (Å²) in [6.45, 7) is 0. The second kappa shape index (κ2) is 7.07. The minimum atomic E-state index is -0.576. The van der Waals surface area contributed by atoms with Crippen molar-refractivity contribution in [2.45, 2.75) is 0 Å². The molecule has 0 atom stereocenters. The molecule has 0 saturated heterocycles. The maximum atomic E-state index is 10.9. The number of pyridine rings is 1. The van der Waals surface area contributed by atoms with Gasteiger partial charge in [-0.25, -0.2) is 4.98 Å². The molecule has 0 amide bonds. The highest BCUT2D eigenvalue weighted by molar-refractivity contribution is 5.95. The first kappa shape index (κ1) is 16.0. The molecule has 0 fully saturated rings. The van der Waals surface area contributed by atoms with Gasteiger partial charge in [0.25, 0.3) is 0 Å². The Hall–Kier alpha value is -3.36. The Morgan fingerprint density at radius 1 is 1.35 bits per heavy atom. The molecule has 0 unspecified atom stereocenters. The average Bonchev–Trinajstić information content (AvgIpc) is 2.55. The fourth-order valence-corrected chi connectivity index (χ4v) is 1.80. The Bertz CT molecular complexity index is 748. The average molecular weight is 317 g/mol. The number of methoxy groups -OCH3 is 2. The van der Waals surface area contributed by atoms with Gasteiger partial charge in [-0.3, -0.25) is 10.1 Å². The van der Waals surface area contributed by atoms with Crippen molar-refractivity contribution in [3.63, 3.8) is 0 Å². The van der Waals surface area contributed by atoms with Gasteiger partial charge in [-0.2, -0.15) is 4.99 Å². The van der Waals surface area contributed by atoms with E-state index in [0.717, 1.165) is 0 Å². The summed E-state index contributed by atoms with van der Waals surface area (Å²) in [5.41, 5.74) is 6.09. The number of ether oxygens (including phenoxy) is 2. The Morgan fingerprint density at radius 3 is 2.78 bits per heavy atom. The first-order chi connectivity index (χ1) is 11.0. The SMILES string of the molecule is COc1ccc(NC(N)=Nc2ncccc2[N+](=O)[O-])c(OC)c1. The highest BCUT2D eigenvalue weighted by Gasteiger charge is 2.14. The Morgan fingerprint density at radius 2 is 2.13 bits per heavy atom. The summed E-state index contributed by atoms with van der Waals surface area (Å²) in [6.07, 6.45) is 1.40. The number of nitrogens with zero attached hydrogens (tertiary/aromatic N) is 3. The van der Waals surface area contributed by atoms with Crippen molar-refractivity contribution < 1.29 is 14.4 Å². The second-order valence-electron chi connectivity index (χ2n) is 4.29. The molecule has 0 aliphatic carbocycles. The highest BCUT2D eigenvalue weighted by Crippen LogP contribution is 2.29. The number of nitro groups is 1. The van der Waals surface area contributed by atoms with Gasteiger partial charge in [0.15, 0.2) is 5.96 Å². The van der Waals surface area contributed by atoms with Crippen molar-refractivity contribution >= 4 is 23.2 Å². The zero-order chi connectivity index (χ0) is 16.8. The number of nitrogens with two attached hydrogens (primary N) is 1. The van der Waals surface area contributed by atoms with Crippen LogP contribution in [0.15, 0.2) is 41.5 Å². The highest BCUT2D eigenvalue weighted by atomic mass is 16.6. The van der Waals surface area contributed by atoms with Crippen LogP contribution in [0.3, 0.4) is 0 Å². The lowest BCUT2D eigenvalue weighted by Crippen LogP contribution is -2.22. The van der Waals surface area contributed by atoms with Crippen LogP contribution < -0.4 is 20.5 Å². The van der Waals surface area contributed by atoms with E-state index < -0.39 is 4.92 Å². The molecule has 2 rings (SSSR count). The van der Waals surface area contributed by atoms with Crippen LogP contribution in [-0.4, -0.2) is 30.1 Å². The lowest BCUT2D eigenvalue weighted by molar-refractivity contribution is -0.384. The van der Waals surface area contributed by atoms with Crippen LogP contribution in [0.2, 0.25) is 0 Å². The normalized spacial score (nSPS) is 11.0. The monoisotopic (exact) mass is 317 g/mol. The fourth-order valence-electron chi connectivity index (χ4n) is 1.80. The Kier molecular flexibility index (Phi) is 4.92. The molecule has 3 N–H and O–H groups in total. The molecule has 0 radical (unpaired) electrons. The van der Waals surface area contributed by atoms with Gasteiger partial charge < -0.3 is 20.5 Å². The van der Waals surface area contributed by atoms with E-state index in [-0.39, 0.29) is 17.5 Å². The van der Waals surface area contributed by atoms with Crippen molar-refractivity contribution in [2.24, 2.45) is 10.7 Å². The zero-order valence-corrected chi connectivity index (χ0v) is 12.5. The Balaban J connectivity index is 2.29. The third kappa shape index (κ3) is 3.84. The summed E-state index contributed by atoms with van der Waals surface area (Å²) < 4.78 is 10.3. The molecule has 0 saturated carbocycles. The van der Waals surface area contributed by atoms with Crippen LogP contribution in [0.1, 0.15) is 0 Å². The maximum Gasteiger partial charge on any atom is 0.313 e. The molecule has 0 bridgehead atoms. The van der Waals surface area contributed by atoms with Gasteiger partial charge in [-0.1, -0.05) is 0 Å². The van der Waals surface area contributed by atoms with E-state index in [0.29, 0.717) is 17.2 Å². The largest absolute Gasteiger partial charge is 0.497 e. The number of aromatic nitrogens is 1. The molecule has 1 aromatic heterocycles. The quantitative estimate of drug-likeness (QED) is 0.374. The van der Waals surface area contributed by atoms with Crippen molar-refractivity contribution in [1.29, 1.82) is 0 Å². The number of rotatable bonds is 5. The number of nitrogens with one attached hydrogen (secondary N) is 1. The van der Waals surface area contributed by atoms with Crippen molar-refractivity contribution in [3.8, 4) is 11.5 Å². The molecule has 1 aromatic carbocycles. The van der Waals surface area contributed by atoms with Crippen molar-refractivity contribution in [1.82, 2.24) is 4.98 Å². The predicted molar refractivity (Wildman–Crippen MR) is 85.3 cm³/mol. The summed E-state index contributed by atoms with van der Waals surface area (Å²) in [4.78, 5) is 18.1. The molecule has 23 heavy (non-hydrogen) atoms. The standard InChI is InChI=1S/C14H15N5O4/c1-22-9-5-6-10(12(8-9)23-2)17-14(15)18-13-11(19(20)21)4-3-7-16-13/h3-8H,1-2H3,(H3,15,16,17,18). The third-order valence-electron chi connectivity index (χ3n) is 2.86. The molecule has 0 aliphatic rings. The number of guanidine groups is 1. The van der Waals surface area contributed by atoms with Crippen LogP contribution in [0, 0.1) is 10.1 Å². The van der Waals surface area contributed by atoms with E-state index in [9.17, 15) is 10.1 Å². The van der Waals surface area contributed by atoms with E-state index in [1.165, 1.54) is 32.5 Å². The molecule has 0 aliphatic heterocycles. The minimum Gasteiger partial charge on any atom is -0.497 e. The number of hydrogen-bond acceptors (Lipinski definition) is 6.